The van der Waals surface area contributed by atoms with Gasteiger partial charge in [0, 0.05) is 25.3 Å². The molecule has 1 heterocycles. The molecule has 1 aromatic rings. The van der Waals surface area contributed by atoms with Crippen molar-refractivity contribution in [2.24, 2.45) is 5.92 Å². The van der Waals surface area contributed by atoms with E-state index >= 15 is 0 Å². The number of benzene rings is 1. The number of nitrogens with one attached hydrogen (secondary N) is 1. The third-order valence-corrected chi connectivity index (χ3v) is 4.53. The van der Waals surface area contributed by atoms with Gasteiger partial charge in [-0.2, -0.15) is 0 Å². The average Bonchev–Trinajstić information content (AvgIpc) is 2.47. The van der Waals surface area contributed by atoms with Gasteiger partial charge in [-0.3, -0.25) is 4.79 Å². The highest BCUT2D eigenvalue weighted by molar-refractivity contribution is 7.88. The van der Waals surface area contributed by atoms with Crippen LogP contribution in [0.15, 0.2) is 24.3 Å². The van der Waals surface area contributed by atoms with Crippen LogP contribution in [0.2, 0.25) is 0 Å². The molecule has 1 aliphatic rings. The Morgan fingerprint density at radius 1 is 1.36 bits per heavy atom. The fourth-order valence-electron chi connectivity index (χ4n) is 2.65. The summed E-state index contributed by atoms with van der Waals surface area (Å²) in [5.74, 6) is 0.257. The van der Waals surface area contributed by atoms with E-state index in [2.05, 4.69) is 4.72 Å². The van der Waals surface area contributed by atoms with Crippen molar-refractivity contribution in [3.8, 4) is 0 Å². The second-order valence-electron chi connectivity index (χ2n) is 5.89. The Morgan fingerprint density at radius 3 is 2.68 bits per heavy atom. The summed E-state index contributed by atoms with van der Waals surface area (Å²) in [5, 5.41) is 0. The molecule has 6 nitrogen and oxygen atoms in total. The lowest BCUT2D eigenvalue weighted by atomic mass is 9.97. The minimum absolute atomic E-state index is 0.0776. The van der Waals surface area contributed by atoms with Crippen molar-refractivity contribution in [1.29, 1.82) is 0 Å². The van der Waals surface area contributed by atoms with Crippen molar-refractivity contribution in [3.05, 3.63) is 29.8 Å². The summed E-state index contributed by atoms with van der Waals surface area (Å²) < 4.78 is 24.8. The van der Waals surface area contributed by atoms with E-state index in [0.29, 0.717) is 25.2 Å². The predicted octanol–water partition coefficient (Wildman–Crippen LogP) is 0.599. The van der Waals surface area contributed by atoms with Crippen LogP contribution < -0.4 is 10.5 Å². The van der Waals surface area contributed by atoms with Crippen LogP contribution >= 0.6 is 0 Å². The lowest BCUT2D eigenvalue weighted by Gasteiger charge is -2.33. The molecule has 1 fully saturated rings. The van der Waals surface area contributed by atoms with E-state index < -0.39 is 10.0 Å². The maximum atomic E-state index is 12.4. The normalized spacial score (nSPS) is 19.1. The van der Waals surface area contributed by atoms with Gasteiger partial charge in [-0.15, -0.1) is 0 Å². The Bertz CT molecular complexity index is 613. The first-order valence-electron chi connectivity index (χ1n) is 7.40. The summed E-state index contributed by atoms with van der Waals surface area (Å²) in [6.07, 6.45) is 3.35. The molecule has 1 aliphatic heterocycles. The molecule has 3 N–H and O–H groups in total. The van der Waals surface area contributed by atoms with E-state index in [1.165, 1.54) is 0 Å². The van der Waals surface area contributed by atoms with Gasteiger partial charge in [0.15, 0.2) is 0 Å². The van der Waals surface area contributed by atoms with Gasteiger partial charge >= 0.3 is 0 Å². The smallest absolute Gasteiger partial charge is 0.226 e. The number of hydrogen-bond acceptors (Lipinski definition) is 4. The van der Waals surface area contributed by atoms with Gasteiger partial charge in [0.25, 0.3) is 0 Å². The molecule has 1 atom stereocenters. The number of likely N-dealkylation sites (tertiary alicyclic amines) is 1. The van der Waals surface area contributed by atoms with Crippen LogP contribution in [0.3, 0.4) is 0 Å². The van der Waals surface area contributed by atoms with E-state index in [-0.39, 0.29) is 11.8 Å². The highest BCUT2D eigenvalue weighted by atomic mass is 32.2. The third-order valence-electron chi connectivity index (χ3n) is 3.84. The monoisotopic (exact) mass is 325 g/mol. The number of nitrogens with two attached hydrogens (primary N) is 1. The molecule has 2 rings (SSSR count). The maximum absolute atomic E-state index is 12.4. The molecule has 1 unspecified atom stereocenters. The second kappa shape index (κ2) is 7.11. The van der Waals surface area contributed by atoms with Crippen molar-refractivity contribution in [1.82, 2.24) is 9.62 Å². The van der Waals surface area contributed by atoms with Crippen molar-refractivity contribution >= 4 is 21.6 Å². The maximum Gasteiger partial charge on any atom is 0.226 e. The van der Waals surface area contributed by atoms with Gasteiger partial charge in [-0.25, -0.2) is 13.1 Å². The number of nitrogens with zero attached hydrogens (tertiary/aromatic N) is 1. The Labute approximate surface area is 131 Å². The summed E-state index contributed by atoms with van der Waals surface area (Å²) in [6, 6.07) is 7.30. The van der Waals surface area contributed by atoms with Gasteiger partial charge in [-0.1, -0.05) is 12.1 Å². The topological polar surface area (TPSA) is 92.5 Å². The summed E-state index contributed by atoms with van der Waals surface area (Å²) in [7, 11) is -3.18. The molecular formula is C15H23N3O3S. The molecule has 7 heteroatoms. The van der Waals surface area contributed by atoms with Gasteiger partial charge in [0.2, 0.25) is 15.9 Å². The first-order valence-corrected chi connectivity index (χ1v) is 9.29. The van der Waals surface area contributed by atoms with Crippen molar-refractivity contribution in [2.75, 3.05) is 31.6 Å². The molecular weight excluding hydrogens is 302 g/mol. The highest BCUT2D eigenvalue weighted by Gasteiger charge is 2.24. The molecule has 0 aliphatic carbocycles. The summed E-state index contributed by atoms with van der Waals surface area (Å²) in [5.41, 5.74) is 7.26. The zero-order valence-electron chi connectivity index (χ0n) is 12.8. The van der Waals surface area contributed by atoms with Crippen molar-refractivity contribution in [3.63, 3.8) is 0 Å². The van der Waals surface area contributed by atoms with E-state index in [1.54, 1.807) is 12.1 Å². The van der Waals surface area contributed by atoms with E-state index in [0.717, 1.165) is 31.2 Å². The summed E-state index contributed by atoms with van der Waals surface area (Å²) in [4.78, 5) is 14.2. The summed E-state index contributed by atoms with van der Waals surface area (Å²) >= 11 is 0. The number of piperidine rings is 1. The Balaban J connectivity index is 1.88. The molecule has 22 heavy (non-hydrogen) atoms. The van der Waals surface area contributed by atoms with Gasteiger partial charge in [0.1, 0.15) is 0 Å². The number of carbonyl (C=O) groups is 1. The van der Waals surface area contributed by atoms with Crippen LogP contribution in [0.5, 0.6) is 0 Å². The number of carbonyl (C=O) groups excluding carboxylic acids is 1. The molecule has 1 amide bonds. The Kier molecular flexibility index (Phi) is 5.42. The van der Waals surface area contributed by atoms with Crippen LogP contribution in [0.25, 0.3) is 0 Å². The molecule has 0 radical (unpaired) electrons. The second-order valence-corrected chi connectivity index (χ2v) is 7.72. The number of amides is 1. The minimum atomic E-state index is -3.18. The van der Waals surface area contributed by atoms with E-state index in [4.69, 9.17) is 5.73 Å². The van der Waals surface area contributed by atoms with Crippen molar-refractivity contribution < 1.29 is 13.2 Å². The van der Waals surface area contributed by atoms with Gasteiger partial charge in [0.05, 0.1) is 12.7 Å². The number of sulfonamides is 1. The van der Waals surface area contributed by atoms with E-state index in [9.17, 15) is 13.2 Å². The molecule has 0 aromatic heterocycles. The van der Waals surface area contributed by atoms with Crippen LogP contribution in [-0.2, 0) is 21.2 Å². The number of nitrogen functional groups attached to an aromatic ring is 1. The first kappa shape index (κ1) is 16.8. The number of rotatable bonds is 5. The van der Waals surface area contributed by atoms with Crippen LogP contribution in [0, 0.1) is 5.92 Å². The number of anilines is 1. The lowest BCUT2D eigenvalue weighted by molar-refractivity contribution is -0.132. The molecule has 1 aromatic carbocycles. The SMILES string of the molecule is CS(=O)(=O)NCC1CCCN(C(=O)Cc2ccc(N)cc2)C1. The first-order chi connectivity index (χ1) is 10.3. The van der Waals surface area contributed by atoms with Crippen LogP contribution in [-0.4, -0.2) is 45.1 Å². The van der Waals surface area contributed by atoms with Crippen LogP contribution in [0.4, 0.5) is 5.69 Å². The van der Waals surface area contributed by atoms with Crippen molar-refractivity contribution in [2.45, 2.75) is 19.3 Å². The predicted molar refractivity (Wildman–Crippen MR) is 86.7 cm³/mol. The molecule has 0 saturated carbocycles. The minimum Gasteiger partial charge on any atom is -0.399 e. The van der Waals surface area contributed by atoms with Crippen LogP contribution in [0.1, 0.15) is 18.4 Å². The zero-order chi connectivity index (χ0) is 16.2. The largest absolute Gasteiger partial charge is 0.399 e. The van der Waals surface area contributed by atoms with Gasteiger partial charge < -0.3 is 10.6 Å². The molecule has 1 saturated heterocycles. The van der Waals surface area contributed by atoms with E-state index in [1.807, 2.05) is 17.0 Å². The Morgan fingerprint density at radius 2 is 2.05 bits per heavy atom. The highest BCUT2D eigenvalue weighted by Crippen LogP contribution is 2.17. The fourth-order valence-corrected chi connectivity index (χ4v) is 3.19. The van der Waals surface area contributed by atoms with Gasteiger partial charge in [-0.05, 0) is 36.5 Å². The molecule has 0 spiro atoms. The quantitative estimate of drug-likeness (QED) is 0.775. The number of hydrogen-bond donors (Lipinski definition) is 2. The summed E-state index contributed by atoms with van der Waals surface area (Å²) in [6.45, 7) is 1.74. The fraction of sp³-hybridized carbons (Fsp3) is 0.533. The Hall–Kier alpha value is -1.60. The average molecular weight is 325 g/mol. The molecule has 122 valence electrons. The lowest BCUT2D eigenvalue weighted by Crippen LogP contribution is -2.44. The third kappa shape index (κ3) is 5.31. The molecule has 0 bridgehead atoms. The standard InChI is InChI=1S/C15H23N3O3S/c1-22(20,21)17-10-13-3-2-8-18(11-13)15(19)9-12-4-6-14(16)7-5-12/h4-7,13,17H,2-3,8-11,16H2,1H3. The zero-order valence-corrected chi connectivity index (χ0v) is 13.6.